The van der Waals surface area contributed by atoms with Crippen LogP contribution in [-0.4, -0.2) is 13.1 Å². The zero-order valence-corrected chi connectivity index (χ0v) is 10.2. The third kappa shape index (κ3) is 4.17. The highest BCUT2D eigenvalue weighted by Crippen LogP contribution is 2.17. The summed E-state index contributed by atoms with van der Waals surface area (Å²) >= 11 is 0. The Morgan fingerprint density at radius 3 is 2.59 bits per heavy atom. The summed E-state index contributed by atoms with van der Waals surface area (Å²) < 4.78 is 0. The van der Waals surface area contributed by atoms with Gasteiger partial charge in [-0.15, -0.1) is 0 Å². The molecule has 0 aliphatic carbocycles. The first-order chi connectivity index (χ1) is 8.31. The van der Waals surface area contributed by atoms with E-state index >= 15 is 0 Å². The van der Waals surface area contributed by atoms with Crippen molar-refractivity contribution in [2.45, 2.75) is 26.2 Å². The number of hydrogen-bond donors (Lipinski definition) is 0. The number of hydrogen-bond acceptors (Lipinski definition) is 3. The largest absolute Gasteiger partial charge is 0.371 e. The van der Waals surface area contributed by atoms with Crippen LogP contribution in [0.4, 0.5) is 5.69 Å². The van der Waals surface area contributed by atoms with Crippen LogP contribution in [0.2, 0.25) is 0 Å². The molecule has 17 heavy (non-hydrogen) atoms. The topological polar surface area (TPSA) is 50.8 Å². The van der Waals surface area contributed by atoms with Crippen molar-refractivity contribution < 1.29 is 0 Å². The van der Waals surface area contributed by atoms with Crippen LogP contribution in [0.5, 0.6) is 0 Å². The number of nitrogens with zero attached hydrogens (tertiary/aromatic N) is 3. The average Bonchev–Trinajstić information content (AvgIpc) is 2.38. The lowest BCUT2D eigenvalue weighted by Crippen LogP contribution is -2.23. The average molecular weight is 227 g/mol. The van der Waals surface area contributed by atoms with E-state index in [1.165, 1.54) is 5.56 Å². The van der Waals surface area contributed by atoms with Crippen LogP contribution in [0.25, 0.3) is 0 Å². The zero-order valence-electron chi connectivity index (χ0n) is 10.2. The maximum atomic E-state index is 8.62. The van der Waals surface area contributed by atoms with Gasteiger partial charge in [-0.1, -0.05) is 12.1 Å². The lowest BCUT2D eigenvalue weighted by atomic mass is 10.1. The van der Waals surface area contributed by atoms with Crippen molar-refractivity contribution in [1.82, 2.24) is 0 Å². The first-order valence-corrected chi connectivity index (χ1v) is 5.89. The maximum Gasteiger partial charge on any atom is 0.0640 e. The Labute approximate surface area is 103 Å². The standard InChI is InChI=1S/C14H17N3/c1-2-17(11-5-10-16)14-8-3-6-13(12-14)7-4-9-15/h3,6,8,12H,2,4-5,7,11H2,1H3. The summed E-state index contributed by atoms with van der Waals surface area (Å²) in [6, 6.07) is 12.5. The third-order valence-electron chi connectivity index (χ3n) is 2.68. The summed E-state index contributed by atoms with van der Waals surface area (Å²) in [7, 11) is 0. The molecular formula is C14H17N3. The van der Waals surface area contributed by atoms with Crippen LogP contribution in [0, 0.1) is 22.7 Å². The zero-order chi connectivity index (χ0) is 12.5. The molecule has 1 rings (SSSR count). The minimum atomic E-state index is 0.538. The van der Waals surface area contributed by atoms with Gasteiger partial charge < -0.3 is 4.90 Å². The van der Waals surface area contributed by atoms with Crippen molar-refractivity contribution in [2.75, 3.05) is 18.0 Å². The van der Waals surface area contributed by atoms with Crippen molar-refractivity contribution in [3.05, 3.63) is 29.8 Å². The predicted octanol–water partition coefficient (Wildman–Crippen LogP) is 2.88. The second-order valence-electron chi connectivity index (χ2n) is 3.82. The second kappa shape index (κ2) is 7.30. The van der Waals surface area contributed by atoms with Gasteiger partial charge in [-0.2, -0.15) is 10.5 Å². The van der Waals surface area contributed by atoms with E-state index in [2.05, 4.69) is 36.1 Å². The molecule has 3 heteroatoms. The fraction of sp³-hybridized carbons (Fsp3) is 0.429. The monoisotopic (exact) mass is 227 g/mol. The minimum absolute atomic E-state index is 0.538. The van der Waals surface area contributed by atoms with E-state index < -0.39 is 0 Å². The lowest BCUT2D eigenvalue weighted by molar-refractivity contribution is 0.825. The van der Waals surface area contributed by atoms with Gasteiger partial charge in [0, 0.05) is 25.2 Å². The minimum Gasteiger partial charge on any atom is -0.371 e. The molecule has 0 aliphatic rings. The Balaban J connectivity index is 2.75. The molecule has 0 spiro atoms. The summed E-state index contributed by atoms with van der Waals surface area (Å²) in [5.74, 6) is 0. The van der Waals surface area contributed by atoms with Crippen LogP contribution >= 0.6 is 0 Å². The van der Waals surface area contributed by atoms with Gasteiger partial charge in [-0.25, -0.2) is 0 Å². The molecule has 3 nitrogen and oxygen atoms in total. The van der Waals surface area contributed by atoms with E-state index in [4.69, 9.17) is 10.5 Å². The number of rotatable bonds is 6. The van der Waals surface area contributed by atoms with E-state index in [0.29, 0.717) is 12.8 Å². The van der Waals surface area contributed by atoms with Crippen LogP contribution in [0.15, 0.2) is 24.3 Å². The first-order valence-electron chi connectivity index (χ1n) is 5.89. The normalized spacial score (nSPS) is 9.35. The summed E-state index contributed by atoms with van der Waals surface area (Å²) in [5.41, 5.74) is 2.32. The molecule has 0 radical (unpaired) electrons. The van der Waals surface area contributed by atoms with Crippen LogP contribution < -0.4 is 4.90 Å². The first kappa shape index (κ1) is 13.1. The molecule has 0 bridgehead atoms. The SMILES string of the molecule is CCN(CCC#N)c1cccc(CCC#N)c1. The molecule has 0 saturated heterocycles. The summed E-state index contributed by atoms with van der Waals surface area (Å²) in [4.78, 5) is 2.18. The highest BCUT2D eigenvalue weighted by Gasteiger charge is 2.04. The van der Waals surface area contributed by atoms with Gasteiger partial charge in [0.1, 0.15) is 0 Å². The number of benzene rings is 1. The Morgan fingerprint density at radius 2 is 1.94 bits per heavy atom. The third-order valence-corrected chi connectivity index (χ3v) is 2.68. The number of anilines is 1. The van der Waals surface area contributed by atoms with E-state index in [1.807, 2.05) is 12.1 Å². The number of aryl methyl sites for hydroxylation is 1. The maximum absolute atomic E-state index is 8.62. The van der Waals surface area contributed by atoms with Gasteiger partial charge >= 0.3 is 0 Å². The fourth-order valence-corrected chi connectivity index (χ4v) is 1.76. The van der Waals surface area contributed by atoms with E-state index in [0.717, 1.165) is 25.2 Å². The molecule has 0 saturated carbocycles. The van der Waals surface area contributed by atoms with Crippen molar-refractivity contribution in [3.63, 3.8) is 0 Å². The molecule has 1 aromatic carbocycles. The van der Waals surface area contributed by atoms with Crippen molar-refractivity contribution in [2.24, 2.45) is 0 Å². The van der Waals surface area contributed by atoms with Crippen LogP contribution in [-0.2, 0) is 6.42 Å². The molecule has 0 unspecified atom stereocenters. The molecule has 0 atom stereocenters. The van der Waals surface area contributed by atoms with E-state index in [-0.39, 0.29) is 0 Å². The molecule has 0 fully saturated rings. The molecule has 0 heterocycles. The highest BCUT2D eigenvalue weighted by molar-refractivity contribution is 5.48. The second-order valence-corrected chi connectivity index (χ2v) is 3.82. The van der Waals surface area contributed by atoms with Gasteiger partial charge in [-0.3, -0.25) is 0 Å². The Morgan fingerprint density at radius 1 is 1.18 bits per heavy atom. The van der Waals surface area contributed by atoms with Gasteiger partial charge in [0.25, 0.3) is 0 Å². The fourth-order valence-electron chi connectivity index (χ4n) is 1.76. The summed E-state index contributed by atoms with van der Waals surface area (Å²) in [5, 5.41) is 17.2. The quantitative estimate of drug-likeness (QED) is 0.750. The number of nitriles is 2. The van der Waals surface area contributed by atoms with Crippen molar-refractivity contribution in [1.29, 1.82) is 10.5 Å². The molecule has 0 aromatic heterocycles. The van der Waals surface area contributed by atoms with Crippen molar-refractivity contribution in [3.8, 4) is 12.1 Å². The summed E-state index contributed by atoms with van der Waals surface area (Å²) in [6.45, 7) is 3.73. The molecule has 0 aliphatic heterocycles. The van der Waals surface area contributed by atoms with Crippen LogP contribution in [0.3, 0.4) is 0 Å². The highest BCUT2D eigenvalue weighted by atomic mass is 15.1. The van der Waals surface area contributed by atoms with Gasteiger partial charge in [0.2, 0.25) is 0 Å². The smallest absolute Gasteiger partial charge is 0.0640 e. The molecule has 0 amide bonds. The Kier molecular flexibility index (Phi) is 5.61. The lowest BCUT2D eigenvalue weighted by Gasteiger charge is -2.22. The van der Waals surface area contributed by atoms with Gasteiger partial charge in [0.15, 0.2) is 0 Å². The Bertz CT molecular complexity index is 426. The summed E-state index contributed by atoms with van der Waals surface area (Å²) in [6.07, 6.45) is 1.88. The Hall–Kier alpha value is -2.00. The predicted molar refractivity (Wildman–Crippen MR) is 68.5 cm³/mol. The molecule has 1 aromatic rings. The molecule has 88 valence electrons. The molecule has 0 N–H and O–H groups in total. The van der Waals surface area contributed by atoms with Gasteiger partial charge in [-0.05, 0) is 31.0 Å². The van der Waals surface area contributed by atoms with E-state index in [1.54, 1.807) is 0 Å². The van der Waals surface area contributed by atoms with Gasteiger partial charge in [0.05, 0.1) is 18.6 Å². The van der Waals surface area contributed by atoms with Crippen molar-refractivity contribution >= 4 is 5.69 Å². The van der Waals surface area contributed by atoms with Crippen LogP contribution in [0.1, 0.15) is 25.3 Å². The molecular weight excluding hydrogens is 210 g/mol. The van der Waals surface area contributed by atoms with E-state index in [9.17, 15) is 0 Å².